The lowest BCUT2D eigenvalue weighted by Crippen LogP contribution is -2.44. The summed E-state index contributed by atoms with van der Waals surface area (Å²) in [6.07, 6.45) is 3.41. The van der Waals surface area contributed by atoms with Crippen LogP contribution in [0.15, 0.2) is 58.2 Å². The average molecular weight is 473 g/mol. The molecule has 0 saturated carbocycles. The van der Waals surface area contributed by atoms with Gasteiger partial charge in [0.15, 0.2) is 0 Å². The van der Waals surface area contributed by atoms with E-state index in [2.05, 4.69) is 20.9 Å². The van der Waals surface area contributed by atoms with E-state index in [1.54, 1.807) is 38.7 Å². The normalized spacial score (nSPS) is 12.3. The molecule has 2 aromatic heterocycles. The van der Waals surface area contributed by atoms with Crippen molar-refractivity contribution in [2.75, 3.05) is 6.54 Å². The molecule has 1 aromatic carbocycles. The van der Waals surface area contributed by atoms with Gasteiger partial charge >= 0.3 is 0 Å². The van der Waals surface area contributed by atoms with Crippen molar-refractivity contribution in [2.24, 2.45) is 0 Å². The fraction of sp³-hybridized carbons (Fsp3) is 0.348. The molecule has 0 spiro atoms. The smallest absolute Gasteiger partial charge is 0.275 e. The first-order valence-electron chi connectivity index (χ1n) is 10.3. The van der Waals surface area contributed by atoms with Gasteiger partial charge in [0.05, 0.1) is 12.0 Å². The second-order valence-corrected chi connectivity index (χ2v) is 7.16. The number of rotatable bonds is 3. The number of halogens is 1. The summed E-state index contributed by atoms with van der Waals surface area (Å²) in [5, 5.41) is 0. The Hall–Kier alpha value is -2.67. The van der Waals surface area contributed by atoms with Crippen LogP contribution in [0.3, 0.4) is 0 Å². The van der Waals surface area contributed by atoms with E-state index in [1.807, 2.05) is 58.9 Å². The summed E-state index contributed by atoms with van der Waals surface area (Å²) in [5.74, 6) is -0.127. The van der Waals surface area contributed by atoms with Crippen molar-refractivity contribution in [1.29, 1.82) is 0 Å². The van der Waals surface area contributed by atoms with Crippen LogP contribution in [0.1, 0.15) is 49.4 Å². The van der Waals surface area contributed by atoms with Crippen molar-refractivity contribution in [3.63, 3.8) is 0 Å². The highest BCUT2D eigenvalue weighted by molar-refractivity contribution is 9.10. The summed E-state index contributed by atoms with van der Waals surface area (Å²) in [5.41, 5.74) is 2.63. The number of aromatic nitrogens is 3. The van der Waals surface area contributed by atoms with Crippen LogP contribution in [0.5, 0.6) is 0 Å². The van der Waals surface area contributed by atoms with Gasteiger partial charge in [0, 0.05) is 30.3 Å². The van der Waals surface area contributed by atoms with Crippen LogP contribution in [0.25, 0.3) is 5.69 Å². The minimum atomic E-state index is -0.172. The third-order valence-electron chi connectivity index (χ3n) is 4.56. The topological polar surface area (TPSA) is 60.1 Å². The predicted octanol–water partition coefficient (Wildman–Crippen LogP) is 4.81. The molecule has 3 aromatic rings. The fourth-order valence-corrected chi connectivity index (χ4v) is 3.60. The molecule has 3 heterocycles. The number of carbonyl (C=O) groups is 1. The molecule has 0 fully saturated rings. The second-order valence-electron chi connectivity index (χ2n) is 6.30. The summed E-state index contributed by atoms with van der Waals surface area (Å²) >= 11 is 3.52. The van der Waals surface area contributed by atoms with Gasteiger partial charge in [0.25, 0.3) is 11.5 Å². The molecule has 0 N–H and O–H groups in total. The molecule has 1 aliphatic heterocycles. The SMILES string of the molecule is CC.CC.Cc1cn(-c2ccc3n(c2=O)CCN(Cc2ccccc2Br)C3=O)cn1. The summed E-state index contributed by atoms with van der Waals surface area (Å²) in [6, 6.07) is 11.3. The summed E-state index contributed by atoms with van der Waals surface area (Å²) in [4.78, 5) is 31.6. The lowest BCUT2D eigenvalue weighted by atomic mass is 10.1. The van der Waals surface area contributed by atoms with E-state index < -0.39 is 0 Å². The molecule has 4 rings (SSSR count). The molecule has 6 nitrogen and oxygen atoms in total. The van der Waals surface area contributed by atoms with Crippen molar-refractivity contribution in [1.82, 2.24) is 19.0 Å². The Morgan fingerprint density at radius 3 is 2.33 bits per heavy atom. The van der Waals surface area contributed by atoms with Gasteiger partial charge in [-0.1, -0.05) is 61.8 Å². The van der Waals surface area contributed by atoms with E-state index in [9.17, 15) is 9.59 Å². The maximum atomic E-state index is 12.9. The van der Waals surface area contributed by atoms with Crippen LogP contribution >= 0.6 is 15.9 Å². The second kappa shape index (κ2) is 10.9. The first-order chi connectivity index (χ1) is 14.5. The number of amides is 1. The average Bonchev–Trinajstić information content (AvgIpc) is 3.21. The Bertz CT molecular complexity index is 1060. The van der Waals surface area contributed by atoms with Crippen LogP contribution < -0.4 is 5.56 Å². The summed E-state index contributed by atoms with van der Waals surface area (Å²) in [6.45, 7) is 11.4. The Kier molecular flexibility index (Phi) is 8.59. The minimum Gasteiger partial charge on any atom is -0.331 e. The van der Waals surface area contributed by atoms with Crippen molar-refractivity contribution >= 4 is 21.8 Å². The number of fused-ring (bicyclic) bond motifs is 1. The summed E-state index contributed by atoms with van der Waals surface area (Å²) < 4.78 is 4.23. The van der Waals surface area contributed by atoms with Crippen LogP contribution in [-0.4, -0.2) is 31.5 Å². The van der Waals surface area contributed by atoms with Gasteiger partial charge in [-0.15, -0.1) is 0 Å². The van der Waals surface area contributed by atoms with Gasteiger partial charge in [0.1, 0.15) is 11.4 Å². The number of pyridine rings is 1. The first kappa shape index (κ1) is 23.6. The molecule has 7 heteroatoms. The highest BCUT2D eigenvalue weighted by Crippen LogP contribution is 2.21. The van der Waals surface area contributed by atoms with Gasteiger partial charge in [0.2, 0.25) is 0 Å². The molecule has 0 atom stereocenters. The Labute approximate surface area is 186 Å². The number of hydrogen-bond donors (Lipinski definition) is 0. The van der Waals surface area contributed by atoms with Gasteiger partial charge < -0.3 is 14.0 Å². The highest BCUT2D eigenvalue weighted by atomic mass is 79.9. The van der Waals surface area contributed by atoms with Crippen LogP contribution in [0.2, 0.25) is 0 Å². The van der Waals surface area contributed by atoms with E-state index in [0.717, 1.165) is 15.7 Å². The maximum absolute atomic E-state index is 12.9. The van der Waals surface area contributed by atoms with Gasteiger partial charge in [-0.25, -0.2) is 4.98 Å². The molecule has 30 heavy (non-hydrogen) atoms. The van der Waals surface area contributed by atoms with Gasteiger partial charge in [-0.2, -0.15) is 0 Å². The molecule has 0 bridgehead atoms. The molecule has 0 radical (unpaired) electrons. The quantitative estimate of drug-likeness (QED) is 0.549. The monoisotopic (exact) mass is 472 g/mol. The standard InChI is InChI=1S/C19H17BrN4O2.2C2H6/c1-13-10-23(12-21-13)16-6-7-17-18(25)22(8-9-24(17)19(16)26)11-14-4-2-3-5-15(14)20;2*1-2/h2-7,10,12H,8-9,11H2,1H3;2*1-2H3. The third kappa shape index (κ3) is 4.90. The van der Waals surface area contributed by atoms with Crippen molar-refractivity contribution in [3.05, 3.63) is 80.7 Å². The van der Waals surface area contributed by atoms with E-state index in [-0.39, 0.29) is 11.5 Å². The molecule has 0 unspecified atom stereocenters. The van der Waals surface area contributed by atoms with Gasteiger partial charge in [-0.05, 0) is 30.7 Å². The van der Waals surface area contributed by atoms with Crippen molar-refractivity contribution in [2.45, 2.75) is 47.7 Å². The number of carbonyl (C=O) groups excluding carboxylic acids is 1. The molecule has 1 aliphatic rings. The van der Waals surface area contributed by atoms with Gasteiger partial charge in [-0.3, -0.25) is 9.59 Å². The van der Waals surface area contributed by atoms with E-state index in [0.29, 0.717) is 31.0 Å². The first-order valence-corrected chi connectivity index (χ1v) is 11.1. The number of benzene rings is 1. The van der Waals surface area contributed by atoms with Crippen LogP contribution in [0, 0.1) is 6.92 Å². The Morgan fingerprint density at radius 2 is 1.70 bits per heavy atom. The molecular weight excluding hydrogens is 444 g/mol. The van der Waals surface area contributed by atoms with Crippen LogP contribution in [0.4, 0.5) is 0 Å². The zero-order valence-corrected chi connectivity index (χ0v) is 19.8. The predicted molar refractivity (Wildman–Crippen MR) is 124 cm³/mol. The lowest BCUT2D eigenvalue weighted by Gasteiger charge is -2.30. The van der Waals surface area contributed by atoms with Crippen LogP contribution in [-0.2, 0) is 13.1 Å². The number of imidazole rings is 1. The maximum Gasteiger partial charge on any atom is 0.275 e. The fourth-order valence-electron chi connectivity index (χ4n) is 3.19. The molecular formula is C23H29BrN4O2. The molecule has 1 amide bonds. The van der Waals surface area contributed by atoms with Crippen molar-refractivity contribution < 1.29 is 4.79 Å². The van der Waals surface area contributed by atoms with Crippen molar-refractivity contribution in [3.8, 4) is 5.69 Å². The van der Waals surface area contributed by atoms with E-state index in [1.165, 1.54) is 0 Å². The molecule has 160 valence electrons. The number of hydrogen-bond acceptors (Lipinski definition) is 3. The lowest BCUT2D eigenvalue weighted by molar-refractivity contribution is 0.0686. The minimum absolute atomic E-state index is 0.127. The van der Waals surface area contributed by atoms with E-state index in [4.69, 9.17) is 0 Å². The third-order valence-corrected chi connectivity index (χ3v) is 5.34. The summed E-state index contributed by atoms with van der Waals surface area (Å²) in [7, 11) is 0. The molecule has 0 aliphatic carbocycles. The Balaban J connectivity index is 0.000000757. The molecule has 0 saturated heterocycles. The number of nitrogens with zero attached hydrogens (tertiary/aromatic N) is 4. The van der Waals surface area contributed by atoms with E-state index >= 15 is 0 Å². The Morgan fingerprint density at radius 1 is 1.00 bits per heavy atom. The zero-order chi connectivity index (χ0) is 22.3. The largest absolute Gasteiger partial charge is 0.331 e. The zero-order valence-electron chi connectivity index (χ0n) is 18.2. The number of aryl methyl sites for hydroxylation is 1. The highest BCUT2D eigenvalue weighted by Gasteiger charge is 2.26.